The molecule has 0 fully saturated rings. The molecule has 0 radical (unpaired) electrons. The van der Waals surface area contributed by atoms with Crippen LogP contribution >= 0.6 is 11.3 Å². The van der Waals surface area contributed by atoms with Gasteiger partial charge in [0.15, 0.2) is 5.13 Å². The average Bonchev–Trinajstić information content (AvgIpc) is 2.78. The van der Waals surface area contributed by atoms with Gasteiger partial charge in [0.25, 0.3) is 0 Å². The molecule has 0 N–H and O–H groups in total. The van der Waals surface area contributed by atoms with Gasteiger partial charge in [-0.2, -0.15) is 0 Å². The summed E-state index contributed by atoms with van der Waals surface area (Å²) in [6.45, 7) is 11.6. The fraction of sp³-hybridized carbons (Fsp3) is 0.636. The van der Waals surface area contributed by atoms with Crippen molar-refractivity contribution in [2.45, 2.75) is 13.3 Å². The summed E-state index contributed by atoms with van der Waals surface area (Å²) in [6, 6.07) is 0. The van der Waals surface area contributed by atoms with Gasteiger partial charge in [0.2, 0.25) is 6.54 Å². The molecule has 1 heterocycles. The molecule has 1 aromatic rings. The maximum atomic E-state index is 6.83. The van der Waals surface area contributed by atoms with Crippen molar-refractivity contribution >= 4 is 16.5 Å². The van der Waals surface area contributed by atoms with Gasteiger partial charge in [-0.25, -0.2) is 11.6 Å². The second-order valence-corrected chi connectivity index (χ2v) is 4.17. The molecule has 0 aliphatic heterocycles. The minimum absolute atomic E-state index is 0.505. The molecule has 0 aliphatic rings. The molecule has 5 heteroatoms. The summed E-state index contributed by atoms with van der Waals surface area (Å²) >= 11 is 1.64. The van der Waals surface area contributed by atoms with Gasteiger partial charge in [0.05, 0.1) is 18.8 Å². The zero-order chi connectivity index (χ0) is 11.8. The van der Waals surface area contributed by atoms with Crippen molar-refractivity contribution in [3.05, 3.63) is 22.5 Å². The number of methoxy groups -OCH3 is 1. The molecule has 0 spiro atoms. The zero-order valence-corrected chi connectivity index (χ0v) is 10.6. The van der Waals surface area contributed by atoms with E-state index in [0.717, 1.165) is 30.3 Å². The minimum atomic E-state index is 0.505. The molecule has 0 bridgehead atoms. The highest BCUT2D eigenvalue weighted by molar-refractivity contribution is 7.13. The lowest BCUT2D eigenvalue weighted by Crippen LogP contribution is -2.29. The van der Waals surface area contributed by atoms with Crippen LogP contribution in [0.2, 0.25) is 0 Å². The smallest absolute Gasteiger partial charge is 0.231 e. The number of anilines is 1. The van der Waals surface area contributed by atoms with Crippen LogP contribution in [-0.4, -0.2) is 38.3 Å². The van der Waals surface area contributed by atoms with Gasteiger partial charge in [0.1, 0.15) is 0 Å². The molecule has 4 nitrogen and oxygen atoms in total. The summed E-state index contributed by atoms with van der Waals surface area (Å²) in [5, 5.41) is 3.07. The molecule has 0 saturated heterocycles. The van der Waals surface area contributed by atoms with Crippen molar-refractivity contribution in [1.29, 1.82) is 0 Å². The number of hydrogen-bond acceptors (Lipinski definition) is 4. The van der Waals surface area contributed by atoms with Gasteiger partial charge in [-0.15, -0.1) is 11.3 Å². The summed E-state index contributed by atoms with van der Waals surface area (Å²) in [7, 11) is 1.69. The van der Waals surface area contributed by atoms with Crippen LogP contribution in [-0.2, 0) is 11.2 Å². The van der Waals surface area contributed by atoms with Gasteiger partial charge < -0.3 is 14.5 Å². The minimum Gasteiger partial charge on any atom is -0.383 e. The van der Waals surface area contributed by atoms with Gasteiger partial charge >= 0.3 is 0 Å². The summed E-state index contributed by atoms with van der Waals surface area (Å²) < 4.78 is 5.06. The normalized spacial score (nSPS) is 10.1. The van der Waals surface area contributed by atoms with Crippen LogP contribution in [0.3, 0.4) is 0 Å². The predicted octanol–water partition coefficient (Wildman–Crippen LogP) is 2.08. The Morgan fingerprint density at radius 2 is 2.38 bits per heavy atom. The van der Waals surface area contributed by atoms with Crippen LogP contribution in [0.15, 0.2) is 5.38 Å². The van der Waals surface area contributed by atoms with E-state index < -0.39 is 0 Å². The molecule has 0 unspecified atom stereocenters. The highest BCUT2D eigenvalue weighted by atomic mass is 32.1. The first-order valence-electron chi connectivity index (χ1n) is 5.33. The van der Waals surface area contributed by atoms with E-state index >= 15 is 0 Å². The highest BCUT2D eigenvalue weighted by Gasteiger charge is 2.11. The van der Waals surface area contributed by atoms with Crippen molar-refractivity contribution in [2.75, 3.05) is 38.3 Å². The Morgan fingerprint density at radius 1 is 1.56 bits per heavy atom. The lowest BCUT2D eigenvalue weighted by molar-refractivity contribution is 0.205. The Labute approximate surface area is 101 Å². The van der Waals surface area contributed by atoms with E-state index in [1.165, 1.54) is 0 Å². The SMILES string of the molecule is [C-]#[N+]CCN(CCOC)c1nc(CC)cs1. The summed E-state index contributed by atoms with van der Waals surface area (Å²) in [5.41, 5.74) is 1.12. The third-order valence-electron chi connectivity index (χ3n) is 2.22. The highest BCUT2D eigenvalue weighted by Crippen LogP contribution is 2.20. The van der Waals surface area contributed by atoms with Crippen LogP contribution in [0.25, 0.3) is 4.85 Å². The van der Waals surface area contributed by atoms with E-state index in [-0.39, 0.29) is 0 Å². The lowest BCUT2D eigenvalue weighted by atomic mass is 10.4. The van der Waals surface area contributed by atoms with Gasteiger partial charge in [-0.3, -0.25) is 0 Å². The third kappa shape index (κ3) is 3.80. The number of aromatic nitrogens is 1. The van der Waals surface area contributed by atoms with E-state index in [4.69, 9.17) is 11.3 Å². The maximum absolute atomic E-state index is 6.83. The number of nitrogens with zero attached hydrogens (tertiary/aromatic N) is 3. The molecule has 0 atom stereocenters. The Balaban J connectivity index is 2.63. The zero-order valence-electron chi connectivity index (χ0n) is 9.77. The maximum Gasteiger partial charge on any atom is 0.231 e. The van der Waals surface area contributed by atoms with Crippen molar-refractivity contribution in [3.8, 4) is 0 Å². The first-order chi connectivity index (χ1) is 7.81. The number of thiazole rings is 1. The van der Waals surface area contributed by atoms with E-state index in [1.54, 1.807) is 18.4 Å². The van der Waals surface area contributed by atoms with Gasteiger partial charge in [0, 0.05) is 19.0 Å². The third-order valence-corrected chi connectivity index (χ3v) is 3.17. The fourth-order valence-corrected chi connectivity index (χ4v) is 2.24. The van der Waals surface area contributed by atoms with Crippen LogP contribution in [0.4, 0.5) is 5.13 Å². The second-order valence-electron chi connectivity index (χ2n) is 3.34. The predicted molar refractivity (Wildman–Crippen MR) is 67.1 cm³/mol. The largest absolute Gasteiger partial charge is 0.383 e. The number of aryl methyl sites for hydroxylation is 1. The summed E-state index contributed by atoms with van der Waals surface area (Å²) in [6.07, 6.45) is 0.956. The van der Waals surface area contributed by atoms with Crippen molar-refractivity contribution in [2.24, 2.45) is 0 Å². The summed E-state index contributed by atoms with van der Waals surface area (Å²) in [5.74, 6) is 0. The van der Waals surface area contributed by atoms with Crippen molar-refractivity contribution in [1.82, 2.24) is 4.98 Å². The average molecular weight is 239 g/mol. The number of rotatable bonds is 7. The Bertz CT molecular complexity index is 345. The lowest BCUT2D eigenvalue weighted by Gasteiger charge is -2.18. The molecule has 0 amide bonds. The van der Waals surface area contributed by atoms with Crippen LogP contribution in [0.5, 0.6) is 0 Å². The first-order valence-corrected chi connectivity index (χ1v) is 6.21. The van der Waals surface area contributed by atoms with Crippen molar-refractivity contribution < 1.29 is 4.74 Å². The molecular formula is C11H17N3OS. The Morgan fingerprint density at radius 3 is 2.94 bits per heavy atom. The molecule has 0 aliphatic carbocycles. The molecule has 1 rings (SSSR count). The van der Waals surface area contributed by atoms with Crippen molar-refractivity contribution in [3.63, 3.8) is 0 Å². The van der Waals surface area contributed by atoms with E-state index in [2.05, 4.69) is 27.0 Å². The monoisotopic (exact) mass is 239 g/mol. The van der Waals surface area contributed by atoms with Crippen LogP contribution < -0.4 is 4.90 Å². The van der Waals surface area contributed by atoms with Crippen LogP contribution in [0.1, 0.15) is 12.6 Å². The first kappa shape index (κ1) is 12.9. The summed E-state index contributed by atoms with van der Waals surface area (Å²) in [4.78, 5) is 10.0. The van der Waals surface area contributed by atoms with Gasteiger partial charge in [-0.05, 0) is 6.42 Å². The standard InChI is InChI=1S/C11H17N3OS/c1-4-10-9-16-11(13-10)14(6-5-12-2)7-8-15-3/h9H,4-8H2,1,3H3. The number of ether oxygens (including phenoxy) is 1. The second kappa shape index (κ2) is 7.20. The molecule has 0 saturated carbocycles. The quantitative estimate of drug-likeness (QED) is 0.682. The fourth-order valence-electron chi connectivity index (χ4n) is 1.28. The topological polar surface area (TPSA) is 29.7 Å². The van der Waals surface area contributed by atoms with Gasteiger partial charge in [-0.1, -0.05) is 6.92 Å². The molecule has 16 heavy (non-hydrogen) atoms. The number of hydrogen-bond donors (Lipinski definition) is 0. The van der Waals surface area contributed by atoms with Crippen LogP contribution in [0, 0.1) is 6.57 Å². The Kier molecular flexibility index (Phi) is 5.83. The molecule has 0 aromatic carbocycles. The van der Waals surface area contributed by atoms with E-state index in [1.807, 2.05) is 0 Å². The Hall–Kier alpha value is -1.12. The molecule has 88 valence electrons. The van der Waals surface area contributed by atoms with E-state index in [9.17, 15) is 0 Å². The molecule has 1 aromatic heterocycles. The molecular weight excluding hydrogens is 222 g/mol. The van der Waals surface area contributed by atoms with E-state index in [0.29, 0.717) is 13.2 Å².